The lowest BCUT2D eigenvalue weighted by Crippen LogP contribution is -2.27. The van der Waals surface area contributed by atoms with Gasteiger partial charge >= 0.3 is 0 Å². The predicted octanol–water partition coefficient (Wildman–Crippen LogP) is 3.97. The maximum Gasteiger partial charge on any atom is 0.119 e. The van der Waals surface area contributed by atoms with Crippen molar-refractivity contribution in [3.05, 3.63) is 29.8 Å². The first-order valence-corrected chi connectivity index (χ1v) is 8.37. The summed E-state index contributed by atoms with van der Waals surface area (Å²) in [4.78, 5) is 0. The van der Waals surface area contributed by atoms with E-state index in [0.29, 0.717) is 6.61 Å². The van der Waals surface area contributed by atoms with E-state index in [1.165, 1.54) is 37.7 Å². The molecule has 1 saturated carbocycles. The van der Waals surface area contributed by atoms with Crippen molar-refractivity contribution in [1.82, 2.24) is 0 Å². The Bertz CT molecular complexity index is 451. The third-order valence-corrected chi connectivity index (χ3v) is 5.04. The van der Waals surface area contributed by atoms with Crippen LogP contribution in [-0.4, -0.2) is 18.3 Å². The van der Waals surface area contributed by atoms with Crippen LogP contribution in [0.2, 0.25) is 0 Å². The second-order valence-corrected chi connectivity index (χ2v) is 6.56. The Morgan fingerprint density at radius 2 is 1.95 bits per heavy atom. The van der Waals surface area contributed by atoms with Crippen molar-refractivity contribution in [1.29, 1.82) is 0 Å². The fourth-order valence-corrected chi connectivity index (χ4v) is 3.64. The number of rotatable bonds is 5. The number of hydrogen-bond donors (Lipinski definition) is 1. The highest BCUT2D eigenvalue weighted by atomic mass is 16.6. The van der Waals surface area contributed by atoms with E-state index < -0.39 is 0 Å². The van der Waals surface area contributed by atoms with E-state index in [1.54, 1.807) is 0 Å². The molecule has 1 saturated heterocycles. The van der Waals surface area contributed by atoms with Crippen molar-refractivity contribution in [2.75, 3.05) is 6.61 Å². The molecule has 2 atom stereocenters. The molecule has 21 heavy (non-hydrogen) atoms. The molecule has 2 unspecified atom stereocenters. The summed E-state index contributed by atoms with van der Waals surface area (Å²) < 4.78 is 12.2. The fourth-order valence-electron chi connectivity index (χ4n) is 3.64. The average Bonchev–Trinajstić information content (AvgIpc) is 3.15. The van der Waals surface area contributed by atoms with Crippen molar-refractivity contribution in [2.45, 2.75) is 69.6 Å². The van der Waals surface area contributed by atoms with Gasteiger partial charge in [-0.1, -0.05) is 31.9 Å². The van der Waals surface area contributed by atoms with Crippen LogP contribution in [0.3, 0.4) is 0 Å². The van der Waals surface area contributed by atoms with Crippen molar-refractivity contribution in [3.8, 4) is 5.75 Å². The fraction of sp³-hybridized carbons (Fsp3) is 0.667. The van der Waals surface area contributed by atoms with Gasteiger partial charge in [0.05, 0.1) is 11.7 Å². The van der Waals surface area contributed by atoms with Crippen molar-refractivity contribution < 1.29 is 9.47 Å². The Balaban J connectivity index is 1.49. The van der Waals surface area contributed by atoms with Gasteiger partial charge in [0.15, 0.2) is 0 Å². The highest BCUT2D eigenvalue weighted by Crippen LogP contribution is 2.43. The zero-order valence-electron chi connectivity index (χ0n) is 13.0. The molecule has 3 nitrogen and oxygen atoms in total. The summed E-state index contributed by atoms with van der Waals surface area (Å²) in [6.45, 7) is 2.77. The van der Waals surface area contributed by atoms with Gasteiger partial charge < -0.3 is 15.2 Å². The van der Waals surface area contributed by atoms with Crippen LogP contribution >= 0.6 is 0 Å². The van der Waals surface area contributed by atoms with Gasteiger partial charge in [-0.15, -0.1) is 0 Å². The average molecular weight is 289 g/mol. The van der Waals surface area contributed by atoms with Crippen LogP contribution in [-0.2, 0) is 4.74 Å². The number of ether oxygens (including phenoxy) is 2. The summed E-state index contributed by atoms with van der Waals surface area (Å²) in [5, 5.41) is 0. The Hall–Kier alpha value is -1.06. The molecule has 3 heteroatoms. The third-order valence-electron chi connectivity index (χ3n) is 5.04. The smallest absolute Gasteiger partial charge is 0.119 e. The van der Waals surface area contributed by atoms with Crippen LogP contribution in [0.4, 0.5) is 0 Å². The monoisotopic (exact) mass is 289 g/mol. The van der Waals surface area contributed by atoms with Crippen LogP contribution in [0, 0.1) is 0 Å². The lowest BCUT2D eigenvalue weighted by molar-refractivity contribution is -0.0508. The van der Waals surface area contributed by atoms with Gasteiger partial charge in [-0.3, -0.25) is 0 Å². The molecule has 1 aromatic rings. The van der Waals surface area contributed by atoms with E-state index in [9.17, 15) is 0 Å². The third kappa shape index (κ3) is 3.41. The molecule has 1 spiro atoms. The molecular weight excluding hydrogens is 262 g/mol. The summed E-state index contributed by atoms with van der Waals surface area (Å²) in [5.41, 5.74) is 7.40. The number of hydrogen-bond acceptors (Lipinski definition) is 3. The molecule has 1 aromatic carbocycles. The van der Waals surface area contributed by atoms with Crippen molar-refractivity contribution in [2.24, 2.45) is 5.73 Å². The van der Waals surface area contributed by atoms with Crippen molar-refractivity contribution in [3.63, 3.8) is 0 Å². The lowest BCUT2D eigenvalue weighted by atomic mass is 9.98. The normalized spacial score (nSPS) is 25.3. The molecule has 2 fully saturated rings. The quantitative estimate of drug-likeness (QED) is 0.892. The molecule has 2 aliphatic rings. The Morgan fingerprint density at radius 1 is 1.24 bits per heavy atom. The summed E-state index contributed by atoms with van der Waals surface area (Å²) in [6, 6.07) is 8.30. The van der Waals surface area contributed by atoms with Crippen LogP contribution in [0.1, 0.15) is 63.5 Å². The van der Waals surface area contributed by atoms with E-state index >= 15 is 0 Å². The summed E-state index contributed by atoms with van der Waals surface area (Å²) in [5.74, 6) is 0.915. The van der Waals surface area contributed by atoms with Crippen LogP contribution in [0.15, 0.2) is 24.3 Å². The van der Waals surface area contributed by atoms with Gasteiger partial charge in [-0.25, -0.2) is 0 Å². The van der Waals surface area contributed by atoms with Gasteiger partial charge in [0.1, 0.15) is 12.4 Å². The van der Waals surface area contributed by atoms with E-state index in [4.69, 9.17) is 15.2 Å². The molecule has 0 aromatic heterocycles. The first-order chi connectivity index (χ1) is 10.2. The van der Waals surface area contributed by atoms with Gasteiger partial charge in [0.2, 0.25) is 0 Å². The Morgan fingerprint density at radius 3 is 2.62 bits per heavy atom. The molecular formula is C18H27NO2. The lowest BCUT2D eigenvalue weighted by Gasteiger charge is -2.23. The van der Waals surface area contributed by atoms with Gasteiger partial charge in [0, 0.05) is 6.04 Å². The highest BCUT2D eigenvalue weighted by molar-refractivity contribution is 5.29. The SMILES string of the molecule is CCC(N)c1ccc(OCC2CCC3(CCCC3)O2)cc1. The Labute approximate surface area is 127 Å². The number of benzene rings is 1. The maximum absolute atomic E-state index is 6.27. The Kier molecular flexibility index (Phi) is 4.51. The second kappa shape index (κ2) is 6.37. The van der Waals surface area contributed by atoms with Crippen LogP contribution in [0.25, 0.3) is 0 Å². The molecule has 0 bridgehead atoms. The minimum Gasteiger partial charge on any atom is -0.491 e. The maximum atomic E-state index is 6.27. The molecule has 1 aliphatic carbocycles. The molecule has 1 heterocycles. The summed E-state index contributed by atoms with van der Waals surface area (Å²) in [6.07, 6.45) is 8.71. The van der Waals surface area contributed by atoms with Gasteiger partial charge in [-0.2, -0.15) is 0 Å². The summed E-state index contributed by atoms with van der Waals surface area (Å²) in [7, 11) is 0. The van der Waals surface area contributed by atoms with E-state index in [2.05, 4.69) is 19.1 Å². The standard InChI is InChI=1S/C18H27NO2/c1-2-17(19)14-5-7-15(8-6-14)20-13-16-9-12-18(21-16)10-3-4-11-18/h5-8,16-17H,2-4,9-13,19H2,1H3. The highest BCUT2D eigenvalue weighted by Gasteiger charge is 2.42. The predicted molar refractivity (Wildman–Crippen MR) is 84.5 cm³/mol. The molecule has 0 radical (unpaired) electrons. The number of nitrogens with two attached hydrogens (primary N) is 1. The molecule has 1 aliphatic heterocycles. The minimum absolute atomic E-state index is 0.124. The minimum atomic E-state index is 0.124. The van der Waals surface area contributed by atoms with Crippen LogP contribution in [0.5, 0.6) is 5.75 Å². The van der Waals surface area contributed by atoms with Crippen LogP contribution < -0.4 is 10.5 Å². The van der Waals surface area contributed by atoms with E-state index in [1.807, 2.05) is 12.1 Å². The van der Waals surface area contributed by atoms with E-state index in [-0.39, 0.29) is 17.7 Å². The molecule has 0 amide bonds. The topological polar surface area (TPSA) is 44.5 Å². The van der Waals surface area contributed by atoms with Crippen molar-refractivity contribution >= 4 is 0 Å². The second-order valence-electron chi connectivity index (χ2n) is 6.56. The largest absolute Gasteiger partial charge is 0.491 e. The molecule has 116 valence electrons. The first kappa shape index (κ1) is 14.9. The molecule has 2 N–H and O–H groups in total. The summed E-state index contributed by atoms with van der Waals surface area (Å²) >= 11 is 0. The first-order valence-electron chi connectivity index (χ1n) is 8.37. The molecule has 3 rings (SSSR count). The van der Waals surface area contributed by atoms with Gasteiger partial charge in [-0.05, 0) is 49.8 Å². The zero-order chi connectivity index (χ0) is 14.7. The van der Waals surface area contributed by atoms with E-state index in [0.717, 1.165) is 18.6 Å². The zero-order valence-corrected chi connectivity index (χ0v) is 13.0. The van der Waals surface area contributed by atoms with Gasteiger partial charge in [0.25, 0.3) is 0 Å².